The zero-order valence-electron chi connectivity index (χ0n) is 9.56. The smallest absolute Gasteiger partial charge is 0.217 e. The van der Waals surface area contributed by atoms with Gasteiger partial charge in [0.05, 0.1) is 12.9 Å². The second-order valence-electron chi connectivity index (χ2n) is 3.39. The molecule has 0 unspecified atom stereocenters. The Hall–Kier alpha value is -0.970. The maximum Gasteiger partial charge on any atom is 0.217 e. The first-order valence-electron chi connectivity index (χ1n) is 5.13. The minimum absolute atomic E-state index is 0.383. The number of rotatable bonds is 4. The second-order valence-corrected chi connectivity index (χ2v) is 5.26. The van der Waals surface area contributed by atoms with Crippen LogP contribution in [0.3, 0.4) is 0 Å². The zero-order valence-corrected chi connectivity index (χ0v) is 11.9. The Bertz CT molecular complexity index is 534. The highest BCUT2D eigenvalue weighted by Crippen LogP contribution is 2.24. The van der Waals surface area contributed by atoms with Crippen LogP contribution in [-0.2, 0) is 5.75 Å². The molecule has 94 valence electrons. The van der Waals surface area contributed by atoms with E-state index in [2.05, 4.69) is 9.97 Å². The summed E-state index contributed by atoms with van der Waals surface area (Å²) in [5.74, 6) is 1.74. The molecule has 1 aromatic carbocycles. The van der Waals surface area contributed by atoms with Crippen LogP contribution >= 0.6 is 35.0 Å². The fraction of sp³-hybridized carbons (Fsp3) is 0.167. The van der Waals surface area contributed by atoms with Crippen LogP contribution in [0, 0.1) is 0 Å². The van der Waals surface area contributed by atoms with E-state index in [1.54, 1.807) is 24.9 Å². The van der Waals surface area contributed by atoms with Crippen LogP contribution in [0.25, 0.3) is 0 Å². The summed E-state index contributed by atoms with van der Waals surface area (Å²) < 4.78 is 5.04. The molecule has 2 aromatic rings. The summed E-state index contributed by atoms with van der Waals surface area (Å²) in [6.45, 7) is 0. The predicted molar refractivity (Wildman–Crippen MR) is 74.6 cm³/mol. The van der Waals surface area contributed by atoms with Crippen molar-refractivity contribution in [3.63, 3.8) is 0 Å². The van der Waals surface area contributed by atoms with E-state index in [1.165, 1.54) is 0 Å². The summed E-state index contributed by atoms with van der Waals surface area (Å²) in [6.07, 6.45) is 0. The van der Waals surface area contributed by atoms with Crippen LogP contribution in [0.1, 0.15) is 5.82 Å². The number of halogens is 2. The molecule has 1 heterocycles. The van der Waals surface area contributed by atoms with Crippen LogP contribution in [0.15, 0.2) is 35.2 Å². The number of hydrogen-bond donors (Lipinski definition) is 0. The molecule has 0 bridgehead atoms. The zero-order chi connectivity index (χ0) is 13.0. The van der Waals surface area contributed by atoms with Gasteiger partial charge in [0.15, 0.2) is 0 Å². The monoisotopic (exact) mass is 300 g/mol. The molecule has 0 radical (unpaired) electrons. The van der Waals surface area contributed by atoms with Crippen molar-refractivity contribution < 1.29 is 4.74 Å². The van der Waals surface area contributed by atoms with Gasteiger partial charge in [0.1, 0.15) is 11.0 Å². The number of thioether (sulfide) groups is 1. The molecule has 3 nitrogen and oxygen atoms in total. The first-order chi connectivity index (χ1) is 8.67. The van der Waals surface area contributed by atoms with E-state index in [-0.39, 0.29) is 0 Å². The van der Waals surface area contributed by atoms with Crippen molar-refractivity contribution in [1.29, 1.82) is 0 Å². The van der Waals surface area contributed by atoms with Gasteiger partial charge in [-0.3, -0.25) is 0 Å². The maximum atomic E-state index is 5.87. The lowest BCUT2D eigenvalue weighted by Gasteiger charge is -2.04. The number of hydrogen-bond acceptors (Lipinski definition) is 4. The molecule has 0 spiro atoms. The van der Waals surface area contributed by atoms with Crippen molar-refractivity contribution in [2.45, 2.75) is 10.6 Å². The summed E-state index contributed by atoms with van der Waals surface area (Å²) >= 11 is 13.3. The Morgan fingerprint density at radius 3 is 2.56 bits per heavy atom. The van der Waals surface area contributed by atoms with E-state index in [4.69, 9.17) is 27.9 Å². The highest BCUT2D eigenvalue weighted by atomic mass is 35.5. The summed E-state index contributed by atoms with van der Waals surface area (Å²) in [6, 6.07) is 9.19. The topological polar surface area (TPSA) is 35.0 Å². The van der Waals surface area contributed by atoms with Gasteiger partial charge in [-0.25, -0.2) is 4.98 Å². The van der Waals surface area contributed by atoms with Gasteiger partial charge < -0.3 is 4.74 Å². The van der Waals surface area contributed by atoms with Crippen molar-refractivity contribution in [1.82, 2.24) is 9.97 Å². The third kappa shape index (κ3) is 3.77. The molecule has 0 amide bonds. The van der Waals surface area contributed by atoms with Crippen molar-refractivity contribution in [2.24, 2.45) is 0 Å². The first kappa shape index (κ1) is 13.5. The highest BCUT2D eigenvalue weighted by molar-refractivity contribution is 7.98. The number of nitrogens with zero attached hydrogens (tertiary/aromatic N) is 2. The summed E-state index contributed by atoms with van der Waals surface area (Å²) in [5.41, 5.74) is 0. The number of benzene rings is 1. The number of ether oxygens (including phenoxy) is 1. The lowest BCUT2D eigenvalue weighted by atomic mass is 10.4. The molecular weight excluding hydrogens is 291 g/mol. The summed E-state index contributed by atoms with van der Waals surface area (Å²) in [4.78, 5) is 9.46. The van der Waals surface area contributed by atoms with Gasteiger partial charge in [0, 0.05) is 16.0 Å². The van der Waals surface area contributed by atoms with Crippen molar-refractivity contribution in [2.75, 3.05) is 7.11 Å². The SMILES string of the molecule is COc1cc(Cl)nc(CSc2ccc(Cl)cc2)n1. The molecule has 0 N–H and O–H groups in total. The van der Waals surface area contributed by atoms with E-state index < -0.39 is 0 Å². The maximum absolute atomic E-state index is 5.87. The molecule has 0 atom stereocenters. The van der Waals surface area contributed by atoms with E-state index in [0.29, 0.717) is 22.6 Å². The van der Waals surface area contributed by atoms with Gasteiger partial charge in [0.2, 0.25) is 5.88 Å². The van der Waals surface area contributed by atoms with E-state index in [9.17, 15) is 0 Å². The Kier molecular flexibility index (Phi) is 4.69. The minimum Gasteiger partial charge on any atom is -0.481 e. The molecular formula is C12H10Cl2N2OS. The van der Waals surface area contributed by atoms with E-state index in [1.807, 2.05) is 24.3 Å². The van der Waals surface area contributed by atoms with Gasteiger partial charge in [-0.05, 0) is 24.3 Å². The Morgan fingerprint density at radius 1 is 1.17 bits per heavy atom. The number of aromatic nitrogens is 2. The second kappa shape index (κ2) is 6.27. The Balaban J connectivity index is 2.05. The van der Waals surface area contributed by atoms with E-state index >= 15 is 0 Å². The lowest BCUT2D eigenvalue weighted by Crippen LogP contribution is -1.96. The Labute approximate surface area is 120 Å². The molecule has 1 aromatic heterocycles. The molecule has 0 saturated heterocycles. The third-order valence-electron chi connectivity index (χ3n) is 2.11. The molecule has 18 heavy (non-hydrogen) atoms. The largest absolute Gasteiger partial charge is 0.481 e. The molecule has 0 aliphatic carbocycles. The van der Waals surface area contributed by atoms with Gasteiger partial charge in [-0.15, -0.1) is 11.8 Å². The van der Waals surface area contributed by atoms with Crippen LogP contribution in [0.5, 0.6) is 5.88 Å². The molecule has 0 aliphatic heterocycles. The minimum atomic E-state index is 0.383. The molecule has 0 aliphatic rings. The molecule has 0 fully saturated rings. The number of methoxy groups -OCH3 is 1. The quantitative estimate of drug-likeness (QED) is 0.629. The standard InChI is InChI=1S/C12H10Cl2N2OS/c1-17-12-6-10(14)15-11(16-12)7-18-9-4-2-8(13)3-5-9/h2-6H,7H2,1H3. The van der Waals surface area contributed by atoms with Crippen LogP contribution in [0.2, 0.25) is 10.2 Å². The van der Waals surface area contributed by atoms with Crippen molar-refractivity contribution in [3.05, 3.63) is 46.3 Å². The average molecular weight is 301 g/mol. The van der Waals surface area contributed by atoms with Crippen LogP contribution in [-0.4, -0.2) is 17.1 Å². The van der Waals surface area contributed by atoms with Crippen molar-refractivity contribution in [3.8, 4) is 5.88 Å². The molecule has 2 rings (SSSR count). The average Bonchev–Trinajstić information content (AvgIpc) is 2.37. The summed E-state index contributed by atoms with van der Waals surface area (Å²) in [7, 11) is 1.55. The van der Waals surface area contributed by atoms with E-state index in [0.717, 1.165) is 9.92 Å². The van der Waals surface area contributed by atoms with Crippen LogP contribution in [0.4, 0.5) is 0 Å². The summed E-state index contributed by atoms with van der Waals surface area (Å²) in [5, 5.41) is 1.11. The Morgan fingerprint density at radius 2 is 1.89 bits per heavy atom. The van der Waals surface area contributed by atoms with Gasteiger partial charge in [-0.2, -0.15) is 4.98 Å². The molecule has 6 heteroatoms. The van der Waals surface area contributed by atoms with Crippen molar-refractivity contribution >= 4 is 35.0 Å². The van der Waals surface area contributed by atoms with Crippen LogP contribution < -0.4 is 4.74 Å². The van der Waals surface area contributed by atoms with Gasteiger partial charge in [-0.1, -0.05) is 23.2 Å². The van der Waals surface area contributed by atoms with Gasteiger partial charge in [0.25, 0.3) is 0 Å². The third-order valence-corrected chi connectivity index (χ3v) is 3.56. The first-order valence-corrected chi connectivity index (χ1v) is 6.87. The molecule has 0 saturated carbocycles. The lowest BCUT2D eigenvalue weighted by molar-refractivity contribution is 0.395. The van der Waals surface area contributed by atoms with Gasteiger partial charge >= 0.3 is 0 Å². The predicted octanol–water partition coefficient (Wildman–Crippen LogP) is 4.08. The fourth-order valence-electron chi connectivity index (χ4n) is 1.29. The highest BCUT2D eigenvalue weighted by Gasteiger charge is 2.04. The fourth-order valence-corrected chi connectivity index (χ4v) is 2.36. The normalized spacial score (nSPS) is 10.4.